The summed E-state index contributed by atoms with van der Waals surface area (Å²) in [4.78, 5) is 14.7. The second-order valence-electron chi connectivity index (χ2n) is 5.57. The number of methoxy groups -OCH3 is 1. The maximum atomic E-state index is 10.7. The lowest BCUT2D eigenvalue weighted by Gasteiger charge is -2.08. The summed E-state index contributed by atoms with van der Waals surface area (Å²) in [5.41, 5.74) is 5.13. The first-order valence-electron chi connectivity index (χ1n) is 8.28. The van der Waals surface area contributed by atoms with Gasteiger partial charge in [-0.2, -0.15) is 10.4 Å². The molecule has 0 unspecified atom stereocenters. The molecule has 0 spiro atoms. The Morgan fingerprint density at radius 3 is 2.79 bits per heavy atom. The van der Waals surface area contributed by atoms with Crippen molar-refractivity contribution in [1.29, 1.82) is 5.26 Å². The number of anilines is 1. The first-order chi connectivity index (χ1) is 14.1. The summed E-state index contributed by atoms with van der Waals surface area (Å²) < 4.78 is 10.5. The van der Waals surface area contributed by atoms with Crippen molar-refractivity contribution in [1.82, 2.24) is 4.98 Å². The number of hydrogen-bond acceptors (Lipinski definition) is 9. The van der Waals surface area contributed by atoms with Gasteiger partial charge in [-0.15, -0.1) is 11.3 Å². The molecule has 1 aromatic heterocycles. The molecule has 29 heavy (non-hydrogen) atoms. The molecule has 0 fully saturated rings. The monoisotopic (exact) mass is 409 g/mol. The van der Waals surface area contributed by atoms with Crippen LogP contribution in [-0.2, 0) is 0 Å². The number of nitrogens with one attached hydrogen (secondary N) is 1. The summed E-state index contributed by atoms with van der Waals surface area (Å²) >= 11 is 1.36. The molecule has 1 N–H and O–H groups in total. The van der Waals surface area contributed by atoms with Crippen LogP contribution in [0.4, 0.5) is 10.8 Å². The van der Waals surface area contributed by atoms with Crippen LogP contribution in [0.15, 0.2) is 52.9 Å². The highest BCUT2D eigenvalue weighted by Gasteiger charge is 2.08. The van der Waals surface area contributed by atoms with E-state index in [1.54, 1.807) is 36.5 Å². The number of ether oxygens (including phenoxy) is 2. The number of benzene rings is 2. The maximum Gasteiger partial charge on any atom is 0.269 e. The van der Waals surface area contributed by atoms with Gasteiger partial charge in [-0.3, -0.25) is 15.5 Å². The second kappa shape index (κ2) is 9.29. The number of hydrazone groups is 1. The number of hydrogen-bond donors (Lipinski definition) is 1. The van der Waals surface area contributed by atoms with E-state index in [0.29, 0.717) is 22.3 Å². The minimum Gasteiger partial charge on any atom is -0.493 e. The van der Waals surface area contributed by atoms with Crippen LogP contribution in [0.1, 0.15) is 5.56 Å². The van der Waals surface area contributed by atoms with Crippen molar-refractivity contribution >= 4 is 28.4 Å². The fourth-order valence-electron chi connectivity index (χ4n) is 2.37. The Balaban J connectivity index is 1.65. The normalized spacial score (nSPS) is 10.5. The number of nitrogens with zero attached hydrogens (tertiary/aromatic N) is 4. The number of thiazole rings is 1. The number of nitro groups is 1. The van der Waals surface area contributed by atoms with Crippen molar-refractivity contribution in [3.05, 3.63) is 63.5 Å². The standard InChI is InChI=1S/C19H15N5O4S/c1-27-18-10-13(2-7-17(18)28-9-8-20)11-21-23-19-22-16(12-29-19)14-3-5-15(6-4-14)24(25)26/h2-7,10-12H,9H2,1H3,(H,22,23)/b21-11-. The van der Waals surface area contributed by atoms with E-state index in [0.717, 1.165) is 11.1 Å². The Morgan fingerprint density at radius 2 is 2.10 bits per heavy atom. The number of nitriles is 1. The molecule has 0 atom stereocenters. The molecule has 146 valence electrons. The van der Waals surface area contributed by atoms with Gasteiger partial charge in [0.25, 0.3) is 5.69 Å². The molecule has 3 rings (SSSR count). The lowest BCUT2D eigenvalue weighted by atomic mass is 10.1. The highest BCUT2D eigenvalue weighted by atomic mass is 32.1. The van der Waals surface area contributed by atoms with Crippen molar-refractivity contribution in [2.24, 2.45) is 5.10 Å². The second-order valence-corrected chi connectivity index (χ2v) is 6.43. The van der Waals surface area contributed by atoms with Gasteiger partial charge in [-0.1, -0.05) is 0 Å². The van der Waals surface area contributed by atoms with Crippen molar-refractivity contribution in [2.45, 2.75) is 0 Å². The van der Waals surface area contributed by atoms with E-state index in [2.05, 4.69) is 15.5 Å². The van der Waals surface area contributed by atoms with Gasteiger partial charge in [0.2, 0.25) is 5.13 Å². The highest BCUT2D eigenvalue weighted by Crippen LogP contribution is 2.28. The number of rotatable bonds is 8. The molecule has 0 aliphatic heterocycles. The quantitative estimate of drug-likeness (QED) is 0.338. The Kier molecular flexibility index (Phi) is 6.34. The van der Waals surface area contributed by atoms with Crippen LogP contribution in [0.2, 0.25) is 0 Å². The third-order valence-corrected chi connectivity index (χ3v) is 4.48. The largest absolute Gasteiger partial charge is 0.493 e. The van der Waals surface area contributed by atoms with Crippen LogP contribution < -0.4 is 14.9 Å². The fourth-order valence-corrected chi connectivity index (χ4v) is 3.04. The Labute approximate surface area is 170 Å². The fraction of sp³-hybridized carbons (Fsp3) is 0.105. The van der Waals surface area contributed by atoms with E-state index in [9.17, 15) is 10.1 Å². The summed E-state index contributed by atoms with van der Waals surface area (Å²) in [5.74, 6) is 0.978. The molecule has 0 aliphatic rings. The SMILES string of the molecule is COc1cc(/C=N\Nc2nc(-c3ccc([N+](=O)[O-])cc3)cs2)ccc1OCC#N. The van der Waals surface area contributed by atoms with Crippen LogP contribution in [0.3, 0.4) is 0 Å². The van der Waals surface area contributed by atoms with Gasteiger partial charge in [-0.05, 0) is 35.9 Å². The van der Waals surface area contributed by atoms with Crippen molar-refractivity contribution < 1.29 is 14.4 Å². The van der Waals surface area contributed by atoms with Crippen LogP contribution >= 0.6 is 11.3 Å². The number of aromatic nitrogens is 1. The highest BCUT2D eigenvalue weighted by molar-refractivity contribution is 7.14. The van der Waals surface area contributed by atoms with Crippen molar-refractivity contribution in [2.75, 3.05) is 19.1 Å². The van der Waals surface area contributed by atoms with Crippen LogP contribution in [-0.4, -0.2) is 29.8 Å². The summed E-state index contributed by atoms with van der Waals surface area (Å²) in [5, 5.41) is 25.9. The predicted molar refractivity (Wildman–Crippen MR) is 110 cm³/mol. The Hall–Kier alpha value is -3.97. The summed E-state index contributed by atoms with van der Waals surface area (Å²) in [6, 6.07) is 13.3. The topological polar surface area (TPSA) is 123 Å². The molecule has 0 aliphatic carbocycles. The molecule has 2 aromatic carbocycles. The zero-order chi connectivity index (χ0) is 20.6. The average Bonchev–Trinajstić information content (AvgIpc) is 3.21. The minimum atomic E-state index is -0.441. The summed E-state index contributed by atoms with van der Waals surface area (Å²) in [7, 11) is 1.52. The zero-order valence-corrected chi connectivity index (χ0v) is 16.0. The van der Waals surface area contributed by atoms with Gasteiger partial charge >= 0.3 is 0 Å². The molecule has 3 aromatic rings. The van der Waals surface area contributed by atoms with Gasteiger partial charge in [0.05, 0.1) is 23.9 Å². The third-order valence-electron chi connectivity index (χ3n) is 3.73. The molecule has 9 nitrogen and oxygen atoms in total. The first kappa shape index (κ1) is 19.8. The van der Waals surface area contributed by atoms with E-state index in [4.69, 9.17) is 14.7 Å². The van der Waals surface area contributed by atoms with Gasteiger partial charge in [0.15, 0.2) is 18.1 Å². The molecule has 0 amide bonds. The molecular weight excluding hydrogens is 394 g/mol. The van der Waals surface area contributed by atoms with Crippen molar-refractivity contribution in [3.8, 4) is 28.8 Å². The van der Waals surface area contributed by atoms with E-state index >= 15 is 0 Å². The molecule has 0 bridgehead atoms. The number of nitro benzene ring substituents is 1. The van der Waals surface area contributed by atoms with Crippen LogP contribution in [0, 0.1) is 21.4 Å². The van der Waals surface area contributed by atoms with Gasteiger partial charge in [0, 0.05) is 23.1 Å². The molecule has 0 saturated heterocycles. The van der Waals surface area contributed by atoms with Gasteiger partial charge in [-0.25, -0.2) is 4.98 Å². The summed E-state index contributed by atoms with van der Waals surface area (Å²) in [6.07, 6.45) is 1.60. The smallest absolute Gasteiger partial charge is 0.269 e. The Bertz CT molecular complexity index is 1070. The first-order valence-corrected chi connectivity index (χ1v) is 9.16. The molecule has 0 saturated carbocycles. The molecular formula is C19H15N5O4S. The predicted octanol–water partition coefficient (Wildman–Crippen LogP) is 4.08. The van der Waals surface area contributed by atoms with E-state index in [1.807, 2.05) is 11.4 Å². The van der Waals surface area contributed by atoms with E-state index in [1.165, 1.54) is 30.6 Å². The van der Waals surface area contributed by atoms with E-state index in [-0.39, 0.29) is 12.3 Å². The van der Waals surface area contributed by atoms with Gasteiger partial charge in [0.1, 0.15) is 6.07 Å². The molecule has 1 heterocycles. The molecule has 0 radical (unpaired) electrons. The molecule has 10 heteroatoms. The van der Waals surface area contributed by atoms with Crippen LogP contribution in [0.25, 0.3) is 11.3 Å². The minimum absolute atomic E-state index is 0.0337. The third kappa shape index (κ3) is 5.06. The van der Waals surface area contributed by atoms with Gasteiger partial charge < -0.3 is 9.47 Å². The number of non-ortho nitro benzene ring substituents is 1. The lowest BCUT2D eigenvalue weighted by Crippen LogP contribution is -1.98. The Morgan fingerprint density at radius 1 is 1.31 bits per heavy atom. The van der Waals surface area contributed by atoms with E-state index < -0.39 is 4.92 Å². The lowest BCUT2D eigenvalue weighted by molar-refractivity contribution is -0.384. The average molecular weight is 409 g/mol. The van der Waals surface area contributed by atoms with Crippen molar-refractivity contribution in [3.63, 3.8) is 0 Å². The maximum absolute atomic E-state index is 10.7. The summed E-state index contributed by atoms with van der Waals surface area (Å²) in [6.45, 7) is -0.0630. The van der Waals surface area contributed by atoms with Crippen LogP contribution in [0.5, 0.6) is 11.5 Å². The zero-order valence-electron chi connectivity index (χ0n) is 15.2.